The highest BCUT2D eigenvalue weighted by Crippen LogP contribution is 2.55. The van der Waals surface area contributed by atoms with Crippen molar-refractivity contribution in [3.63, 3.8) is 0 Å². The van der Waals surface area contributed by atoms with Gasteiger partial charge < -0.3 is 15.0 Å². The monoisotopic (exact) mass is 603 g/mol. The third-order valence-electron chi connectivity index (χ3n) is 7.68. The first kappa shape index (κ1) is 31.0. The summed E-state index contributed by atoms with van der Waals surface area (Å²) in [6.07, 6.45) is 3.51. The number of hydrogen-bond donors (Lipinski definition) is 2. The van der Waals surface area contributed by atoms with Gasteiger partial charge in [0.2, 0.25) is 0 Å². The Labute approximate surface area is 243 Å². The normalized spacial score (nSPS) is 24.2. The highest BCUT2D eigenvalue weighted by Gasteiger charge is 2.51. The molecule has 7 rings (SSSR count). The predicted molar refractivity (Wildman–Crippen MR) is 154 cm³/mol. The van der Waals surface area contributed by atoms with Gasteiger partial charge in [-0.1, -0.05) is 54.6 Å². The Morgan fingerprint density at radius 3 is 1.39 bits per heavy atom. The summed E-state index contributed by atoms with van der Waals surface area (Å²) >= 11 is 0. The summed E-state index contributed by atoms with van der Waals surface area (Å²) < 4.78 is 50.1. The first-order chi connectivity index (χ1) is 19.5. The van der Waals surface area contributed by atoms with Gasteiger partial charge in [0.05, 0.1) is 16.6 Å². The largest absolute Gasteiger partial charge is 0.748 e. The number of alkyl halides is 2. The zero-order valence-electron chi connectivity index (χ0n) is 22.6. The van der Waals surface area contributed by atoms with Gasteiger partial charge in [0.15, 0.2) is 14.7 Å². The summed E-state index contributed by atoms with van der Waals surface area (Å²) in [6.45, 7) is 0. The first-order valence-corrected chi connectivity index (χ1v) is 16.4. The number of hydrogen-bond acceptors (Lipinski definition) is 4. The predicted octanol–water partition coefficient (Wildman–Crippen LogP) is 6.80. The van der Waals surface area contributed by atoms with Crippen LogP contribution in [0, 0.1) is 17.8 Å². The maximum atomic E-state index is 11.0. The molecule has 220 valence electrons. The Hall–Kier alpha value is -2.95. The molecule has 0 aliphatic heterocycles. The van der Waals surface area contributed by atoms with E-state index in [0.29, 0.717) is 0 Å². The highest BCUT2D eigenvalue weighted by molar-refractivity contribution is 7.97. The van der Waals surface area contributed by atoms with E-state index in [1.807, 2.05) is 0 Å². The van der Waals surface area contributed by atoms with Crippen molar-refractivity contribution in [1.29, 1.82) is 0 Å². The zero-order valence-corrected chi connectivity index (χ0v) is 24.2. The van der Waals surface area contributed by atoms with Crippen LogP contribution >= 0.6 is 0 Å². The summed E-state index contributed by atoms with van der Waals surface area (Å²) in [7, 11) is -4.74. The molecular weight excluding hydrogens is 568 g/mol. The van der Waals surface area contributed by atoms with Crippen LogP contribution < -0.4 is 5.32 Å². The average Bonchev–Trinajstić information content (AvgIpc) is 2.89. The third kappa shape index (κ3) is 9.28. The van der Waals surface area contributed by atoms with Crippen LogP contribution in [0.15, 0.2) is 106 Å². The molecule has 0 aromatic heterocycles. The van der Waals surface area contributed by atoms with Crippen molar-refractivity contribution in [3.8, 4) is 0 Å². The standard InChI is InChI=1S/C18H15S.C11H17NO2.C2H4F2O3S/c1-4-10-16(11-5-1)19(17-12-6-2-7-13-17)18-14-8-3-9-15-18;13-10(14)12-11-4-7-1-8(5-11)3-9(2-7)6-11;3-2(4)1-8(5,6)7/h1-15H;7-9,12H,1-6H2,(H,13,14);2H,1H2,(H,5,6,7)/q+1;;/p-1. The SMILES string of the molecule is O=C(O)NC12CC3CC(CC(C3)C1)C2.O=S(=O)([O-])CC(F)F.c1ccc([S+](c2ccccc2)c2ccccc2)cc1. The van der Waals surface area contributed by atoms with E-state index >= 15 is 0 Å². The van der Waals surface area contributed by atoms with Crippen LogP contribution in [0.1, 0.15) is 38.5 Å². The number of halogens is 2. The molecule has 0 radical (unpaired) electrons. The van der Waals surface area contributed by atoms with Crippen molar-refractivity contribution in [3.05, 3.63) is 91.0 Å². The van der Waals surface area contributed by atoms with Crippen LogP contribution in [-0.4, -0.2) is 41.9 Å². The van der Waals surface area contributed by atoms with Gasteiger partial charge in [0.25, 0.3) is 6.43 Å². The maximum Gasteiger partial charge on any atom is 0.405 e. The maximum absolute atomic E-state index is 11.0. The average molecular weight is 604 g/mol. The number of carboxylic acid groups (broad SMARTS) is 1. The van der Waals surface area contributed by atoms with E-state index in [1.165, 1.54) is 33.9 Å². The van der Waals surface area contributed by atoms with Gasteiger partial charge in [-0.25, -0.2) is 22.0 Å². The number of nitrogens with one attached hydrogen (secondary N) is 1. The van der Waals surface area contributed by atoms with Crippen molar-refractivity contribution in [2.75, 3.05) is 5.75 Å². The van der Waals surface area contributed by atoms with Crippen molar-refractivity contribution < 1.29 is 31.7 Å². The lowest BCUT2D eigenvalue weighted by molar-refractivity contribution is -0.0167. The van der Waals surface area contributed by atoms with Gasteiger partial charge >= 0.3 is 6.09 Å². The smallest absolute Gasteiger partial charge is 0.405 e. The van der Waals surface area contributed by atoms with Crippen molar-refractivity contribution in [2.24, 2.45) is 17.8 Å². The fraction of sp³-hybridized carbons (Fsp3) is 0.387. The van der Waals surface area contributed by atoms with E-state index in [0.717, 1.165) is 37.0 Å². The lowest BCUT2D eigenvalue weighted by Gasteiger charge is -2.56. The minimum absolute atomic E-state index is 0.0146. The second kappa shape index (κ2) is 13.8. The van der Waals surface area contributed by atoms with Crippen molar-refractivity contribution in [1.82, 2.24) is 5.32 Å². The molecule has 4 aliphatic rings. The summed E-state index contributed by atoms with van der Waals surface area (Å²) in [6, 6.07) is 32.2. The summed E-state index contributed by atoms with van der Waals surface area (Å²) in [5.41, 5.74) is -0.0272. The molecule has 3 aromatic rings. The zero-order chi connectivity index (χ0) is 29.5. The van der Waals surface area contributed by atoms with Crippen LogP contribution in [0.4, 0.5) is 13.6 Å². The Bertz CT molecular complexity index is 1230. The van der Waals surface area contributed by atoms with Gasteiger partial charge in [0.1, 0.15) is 10.1 Å². The minimum Gasteiger partial charge on any atom is -0.748 e. The fourth-order valence-electron chi connectivity index (χ4n) is 6.72. The lowest BCUT2D eigenvalue weighted by atomic mass is 9.53. The molecular formula is C31H35F2NO5S2. The molecule has 1 amide bonds. The topological polar surface area (TPSA) is 107 Å². The molecule has 0 spiro atoms. The van der Waals surface area contributed by atoms with Gasteiger partial charge in [-0.3, -0.25) is 0 Å². The van der Waals surface area contributed by atoms with Crippen molar-refractivity contribution in [2.45, 2.75) is 65.2 Å². The minimum atomic E-state index is -4.72. The number of benzene rings is 3. The molecule has 2 N–H and O–H groups in total. The molecule has 4 bridgehead atoms. The van der Waals surface area contributed by atoms with Crippen LogP contribution in [0.2, 0.25) is 0 Å². The Balaban J connectivity index is 0.000000155. The molecule has 4 saturated carbocycles. The number of amides is 1. The van der Waals surface area contributed by atoms with Gasteiger partial charge in [-0.2, -0.15) is 0 Å². The lowest BCUT2D eigenvalue weighted by Crippen LogP contribution is -2.59. The molecule has 0 saturated heterocycles. The van der Waals surface area contributed by atoms with E-state index in [1.54, 1.807) is 0 Å². The van der Waals surface area contributed by atoms with Gasteiger partial charge in [0, 0.05) is 5.54 Å². The quantitative estimate of drug-likeness (QED) is 0.238. The number of rotatable bonds is 6. The van der Waals surface area contributed by atoms with E-state index in [9.17, 15) is 26.5 Å². The first-order valence-electron chi connectivity index (χ1n) is 13.6. The molecule has 3 aromatic carbocycles. The van der Waals surface area contributed by atoms with E-state index in [-0.39, 0.29) is 16.4 Å². The Morgan fingerprint density at radius 1 is 0.805 bits per heavy atom. The fourth-order valence-corrected chi connectivity index (χ4v) is 9.14. The molecule has 0 atom stereocenters. The molecule has 6 nitrogen and oxygen atoms in total. The van der Waals surface area contributed by atoms with Gasteiger partial charge in [-0.05, 0) is 92.7 Å². The van der Waals surface area contributed by atoms with E-state index in [2.05, 4.69) is 96.3 Å². The van der Waals surface area contributed by atoms with Crippen LogP contribution in [-0.2, 0) is 21.0 Å². The molecule has 4 fully saturated rings. The van der Waals surface area contributed by atoms with Gasteiger partial charge in [-0.15, -0.1) is 0 Å². The molecule has 10 heteroatoms. The summed E-state index contributed by atoms with van der Waals surface area (Å²) in [5, 5.41) is 11.7. The highest BCUT2D eigenvalue weighted by atomic mass is 32.2. The van der Waals surface area contributed by atoms with E-state index < -0.39 is 28.4 Å². The molecule has 4 aliphatic carbocycles. The molecule has 41 heavy (non-hydrogen) atoms. The van der Waals surface area contributed by atoms with Crippen LogP contribution in [0.25, 0.3) is 0 Å². The second-order valence-electron chi connectivity index (χ2n) is 11.0. The van der Waals surface area contributed by atoms with Crippen molar-refractivity contribution >= 4 is 27.1 Å². The summed E-state index contributed by atoms with van der Waals surface area (Å²) in [4.78, 5) is 14.9. The Kier molecular flexibility index (Phi) is 10.4. The van der Waals surface area contributed by atoms with Crippen LogP contribution in [0.5, 0.6) is 0 Å². The third-order valence-corrected chi connectivity index (χ3v) is 10.6. The second-order valence-corrected chi connectivity index (χ2v) is 14.5. The molecule has 0 unspecified atom stereocenters. The number of carbonyl (C=O) groups is 1. The summed E-state index contributed by atoms with van der Waals surface area (Å²) in [5.74, 6) is 0.849. The Morgan fingerprint density at radius 2 is 1.15 bits per heavy atom. The molecule has 0 heterocycles. The van der Waals surface area contributed by atoms with Crippen LogP contribution in [0.3, 0.4) is 0 Å². The van der Waals surface area contributed by atoms with E-state index in [4.69, 9.17) is 5.11 Å².